The van der Waals surface area contributed by atoms with Crippen LogP contribution in [0.2, 0.25) is 0 Å². The van der Waals surface area contributed by atoms with Gasteiger partial charge in [-0.25, -0.2) is 0 Å². The number of rotatable bonds is 3. The summed E-state index contributed by atoms with van der Waals surface area (Å²) in [7, 11) is 0. The molecule has 2 aromatic rings. The highest BCUT2D eigenvalue weighted by molar-refractivity contribution is 5.05. The van der Waals surface area contributed by atoms with Gasteiger partial charge in [0.1, 0.15) is 5.54 Å². The van der Waals surface area contributed by atoms with Crippen LogP contribution in [0.3, 0.4) is 0 Å². The van der Waals surface area contributed by atoms with Gasteiger partial charge in [-0.05, 0) is 32.8 Å². The summed E-state index contributed by atoms with van der Waals surface area (Å²) in [6.45, 7) is 4.04. The van der Waals surface area contributed by atoms with E-state index in [0.29, 0.717) is 11.8 Å². The van der Waals surface area contributed by atoms with Crippen LogP contribution in [-0.4, -0.2) is 20.0 Å². The van der Waals surface area contributed by atoms with Gasteiger partial charge in [0.15, 0.2) is 0 Å². The molecule has 0 saturated heterocycles. The van der Waals surface area contributed by atoms with E-state index < -0.39 is 0 Å². The third-order valence-electron chi connectivity index (χ3n) is 2.97. The van der Waals surface area contributed by atoms with Crippen LogP contribution in [-0.2, 0) is 5.54 Å². The van der Waals surface area contributed by atoms with Crippen molar-refractivity contribution in [1.82, 2.24) is 20.0 Å². The van der Waals surface area contributed by atoms with Crippen molar-refractivity contribution in [3.8, 4) is 0 Å². The minimum Gasteiger partial charge on any atom is -0.422 e. The van der Waals surface area contributed by atoms with Crippen LogP contribution in [0.1, 0.15) is 44.4 Å². The molecule has 0 amide bonds. The first-order valence-electron chi connectivity index (χ1n) is 5.52. The molecule has 1 aliphatic carbocycles. The molecule has 0 unspecified atom stereocenters. The average molecular weight is 218 g/mol. The molecular formula is C11H14N4O. The summed E-state index contributed by atoms with van der Waals surface area (Å²) in [6.07, 6.45) is 5.99. The first-order valence-corrected chi connectivity index (χ1v) is 5.52. The molecule has 0 aromatic carbocycles. The van der Waals surface area contributed by atoms with E-state index in [-0.39, 0.29) is 5.54 Å². The van der Waals surface area contributed by atoms with Gasteiger partial charge in [0, 0.05) is 18.3 Å². The van der Waals surface area contributed by atoms with Crippen molar-refractivity contribution < 1.29 is 4.42 Å². The Balaban J connectivity index is 1.95. The molecule has 3 rings (SSSR count). The van der Waals surface area contributed by atoms with Gasteiger partial charge in [-0.3, -0.25) is 4.68 Å². The molecule has 0 bridgehead atoms. The number of hydrogen-bond acceptors (Lipinski definition) is 4. The van der Waals surface area contributed by atoms with E-state index in [1.165, 1.54) is 12.8 Å². The van der Waals surface area contributed by atoms with E-state index in [9.17, 15) is 0 Å². The summed E-state index contributed by atoms with van der Waals surface area (Å²) in [4.78, 5) is 0. The highest BCUT2D eigenvalue weighted by Gasteiger charge is 2.34. The maximum atomic E-state index is 5.71. The molecule has 5 heteroatoms. The molecule has 0 spiro atoms. The fourth-order valence-electron chi connectivity index (χ4n) is 1.67. The van der Waals surface area contributed by atoms with Gasteiger partial charge in [-0.1, -0.05) is 0 Å². The van der Waals surface area contributed by atoms with Crippen LogP contribution >= 0.6 is 0 Å². The minimum atomic E-state index is -0.385. The molecule has 0 aliphatic heterocycles. The van der Waals surface area contributed by atoms with E-state index in [0.717, 1.165) is 5.89 Å². The molecule has 1 aliphatic rings. The van der Waals surface area contributed by atoms with Crippen molar-refractivity contribution in [2.24, 2.45) is 0 Å². The lowest BCUT2D eigenvalue weighted by atomic mass is 10.1. The normalized spacial score (nSPS) is 16.6. The molecule has 2 heterocycles. The van der Waals surface area contributed by atoms with Crippen molar-refractivity contribution in [3.63, 3.8) is 0 Å². The Morgan fingerprint density at radius 3 is 2.81 bits per heavy atom. The zero-order valence-corrected chi connectivity index (χ0v) is 9.42. The molecule has 5 nitrogen and oxygen atoms in total. The first-order chi connectivity index (χ1) is 7.68. The van der Waals surface area contributed by atoms with Gasteiger partial charge in [0.05, 0.1) is 0 Å². The first kappa shape index (κ1) is 9.57. The zero-order valence-electron chi connectivity index (χ0n) is 9.42. The van der Waals surface area contributed by atoms with E-state index in [4.69, 9.17) is 4.42 Å². The number of aromatic nitrogens is 4. The average Bonchev–Trinajstić information content (AvgIpc) is 2.83. The van der Waals surface area contributed by atoms with Crippen LogP contribution in [0.4, 0.5) is 0 Å². The zero-order chi connectivity index (χ0) is 11.2. The Kier molecular flexibility index (Phi) is 1.89. The lowest BCUT2D eigenvalue weighted by Gasteiger charge is -2.20. The predicted octanol–water partition coefficient (Wildman–Crippen LogP) is 1.93. The van der Waals surface area contributed by atoms with E-state index >= 15 is 0 Å². The summed E-state index contributed by atoms with van der Waals surface area (Å²) in [5.41, 5.74) is -0.385. The smallest absolute Gasteiger partial charge is 0.243 e. The minimum absolute atomic E-state index is 0.385. The van der Waals surface area contributed by atoms with Crippen molar-refractivity contribution in [1.29, 1.82) is 0 Å². The van der Waals surface area contributed by atoms with Gasteiger partial charge in [0.25, 0.3) is 0 Å². The summed E-state index contributed by atoms with van der Waals surface area (Å²) < 4.78 is 7.54. The fraction of sp³-hybridized carbons (Fsp3) is 0.545. The molecule has 1 fully saturated rings. The highest BCUT2D eigenvalue weighted by atomic mass is 16.4. The lowest BCUT2D eigenvalue weighted by molar-refractivity contribution is 0.290. The quantitative estimate of drug-likeness (QED) is 0.789. The van der Waals surface area contributed by atoms with Gasteiger partial charge >= 0.3 is 0 Å². The summed E-state index contributed by atoms with van der Waals surface area (Å²) >= 11 is 0. The standard InChI is InChI=1S/C11H14N4O/c1-11(2,15-7-3-6-12-15)10-14-13-9(16-10)8-4-5-8/h3,6-8H,4-5H2,1-2H3. The summed E-state index contributed by atoms with van der Waals surface area (Å²) in [6, 6.07) is 1.89. The molecule has 2 aromatic heterocycles. The second-order valence-corrected chi connectivity index (χ2v) is 4.73. The monoisotopic (exact) mass is 218 g/mol. The second kappa shape index (κ2) is 3.17. The second-order valence-electron chi connectivity index (χ2n) is 4.73. The van der Waals surface area contributed by atoms with Gasteiger partial charge in [-0.15, -0.1) is 10.2 Å². The Hall–Kier alpha value is -1.65. The molecule has 84 valence electrons. The third-order valence-corrected chi connectivity index (χ3v) is 2.97. The molecular weight excluding hydrogens is 204 g/mol. The van der Waals surface area contributed by atoms with Gasteiger partial charge in [-0.2, -0.15) is 5.10 Å². The summed E-state index contributed by atoms with van der Waals surface area (Å²) in [5, 5.41) is 12.4. The van der Waals surface area contributed by atoms with E-state index in [1.54, 1.807) is 6.20 Å². The van der Waals surface area contributed by atoms with Crippen molar-refractivity contribution in [2.45, 2.75) is 38.1 Å². The van der Waals surface area contributed by atoms with Crippen molar-refractivity contribution in [2.75, 3.05) is 0 Å². The molecule has 0 atom stereocenters. The Labute approximate surface area is 93.5 Å². The topological polar surface area (TPSA) is 56.7 Å². The van der Waals surface area contributed by atoms with Gasteiger partial charge < -0.3 is 4.42 Å². The lowest BCUT2D eigenvalue weighted by Crippen LogP contribution is -2.28. The number of hydrogen-bond donors (Lipinski definition) is 0. The molecule has 0 radical (unpaired) electrons. The highest BCUT2D eigenvalue weighted by Crippen LogP contribution is 2.40. The predicted molar refractivity (Wildman–Crippen MR) is 56.9 cm³/mol. The summed E-state index contributed by atoms with van der Waals surface area (Å²) in [5.74, 6) is 1.89. The van der Waals surface area contributed by atoms with Crippen LogP contribution in [0.15, 0.2) is 22.9 Å². The van der Waals surface area contributed by atoms with Crippen LogP contribution in [0, 0.1) is 0 Å². The van der Waals surface area contributed by atoms with Crippen LogP contribution in [0.25, 0.3) is 0 Å². The molecule has 16 heavy (non-hydrogen) atoms. The maximum absolute atomic E-state index is 5.71. The van der Waals surface area contributed by atoms with Gasteiger partial charge in [0.2, 0.25) is 11.8 Å². The SMILES string of the molecule is CC(C)(c1nnc(C2CC2)o1)n1cccn1. The maximum Gasteiger partial charge on any atom is 0.243 e. The van der Waals surface area contributed by atoms with Crippen molar-refractivity contribution in [3.05, 3.63) is 30.2 Å². The molecule has 0 N–H and O–H groups in total. The van der Waals surface area contributed by atoms with Crippen LogP contribution in [0.5, 0.6) is 0 Å². The third kappa shape index (κ3) is 1.43. The van der Waals surface area contributed by atoms with Crippen LogP contribution < -0.4 is 0 Å². The Morgan fingerprint density at radius 1 is 1.38 bits per heavy atom. The largest absolute Gasteiger partial charge is 0.422 e. The van der Waals surface area contributed by atoms with E-state index in [1.807, 2.05) is 30.8 Å². The molecule has 1 saturated carbocycles. The number of nitrogens with zero attached hydrogens (tertiary/aromatic N) is 4. The fourth-order valence-corrected chi connectivity index (χ4v) is 1.67. The Bertz CT molecular complexity index is 482. The Morgan fingerprint density at radius 2 is 2.19 bits per heavy atom. The van der Waals surface area contributed by atoms with Crippen molar-refractivity contribution >= 4 is 0 Å². The van der Waals surface area contributed by atoms with E-state index in [2.05, 4.69) is 15.3 Å².